The minimum absolute atomic E-state index is 0.0182. The van der Waals surface area contributed by atoms with Crippen LogP contribution in [-0.4, -0.2) is 203 Å². The summed E-state index contributed by atoms with van der Waals surface area (Å²) in [5, 5.41) is 0.870. The molecule has 2 saturated heterocycles. The average molecular weight is 1280 g/mol. The quantitative estimate of drug-likeness (QED) is 0.0619. The van der Waals surface area contributed by atoms with Crippen molar-refractivity contribution < 1.29 is 78.4 Å². The number of amides is 4. The van der Waals surface area contributed by atoms with Crippen LogP contribution in [0.25, 0.3) is 11.1 Å². The van der Waals surface area contributed by atoms with Gasteiger partial charge in [-0.05, 0) is 88.8 Å². The van der Waals surface area contributed by atoms with Crippen LogP contribution in [0.2, 0.25) is 10.0 Å². The van der Waals surface area contributed by atoms with E-state index in [9.17, 15) is 45.1 Å². The van der Waals surface area contributed by atoms with Crippen LogP contribution in [0.15, 0.2) is 36.4 Å². The van der Waals surface area contributed by atoms with Gasteiger partial charge in [0.25, 0.3) is 38.0 Å². The molecule has 4 amide bonds. The summed E-state index contributed by atoms with van der Waals surface area (Å²) in [6.45, 7) is 13.3. The molecule has 470 valence electrons. The molecule has 0 atom stereocenters. The van der Waals surface area contributed by atoms with Crippen LogP contribution in [0.4, 0.5) is 11.4 Å². The zero-order valence-corrected chi connectivity index (χ0v) is 52.3. The van der Waals surface area contributed by atoms with Gasteiger partial charge in [0.1, 0.15) is 28.5 Å². The number of ether oxygens (including phenoxy) is 5. The number of nitrogens with zero attached hydrogens (tertiary/aromatic N) is 6. The molecular weight excluding hydrogens is 1210 g/mol. The van der Waals surface area contributed by atoms with Crippen LogP contribution >= 0.6 is 23.2 Å². The SMILES string of the molecule is CC1(C)C=C(CS(=O)(=O)O)c2cc3c(c4c2N1CCC4)Oc1c(cc2c4c1CCCN4C(C)(C)C=C2CS(=O)(=O)O)C31c2c(Cl)ccc(Cl)c2C(=O)N1CCN1CCN(C(=O)CCOCCOCCOCCOCCC(=O)ON2C(=O)CCC2=O)CC1. The first kappa shape index (κ1) is 62.9. The number of carbonyl (C=O) groups is 5. The van der Waals surface area contributed by atoms with Crippen molar-refractivity contribution in [1.29, 1.82) is 0 Å². The Bertz CT molecular complexity index is 3470. The lowest BCUT2D eigenvalue weighted by Gasteiger charge is -2.52. The van der Waals surface area contributed by atoms with Gasteiger partial charge in [-0.2, -0.15) is 16.8 Å². The summed E-state index contributed by atoms with van der Waals surface area (Å²) in [5.74, 6) is -2.73. The second-order valence-corrected chi connectivity index (χ2v) is 27.9. The van der Waals surface area contributed by atoms with E-state index in [-0.39, 0.29) is 93.4 Å². The van der Waals surface area contributed by atoms with E-state index in [1.54, 1.807) is 21.9 Å². The molecule has 1 spiro atoms. The maximum atomic E-state index is 15.8. The van der Waals surface area contributed by atoms with E-state index in [0.717, 1.165) is 22.5 Å². The monoisotopic (exact) mass is 1280 g/mol. The molecule has 0 saturated carbocycles. The first-order chi connectivity index (χ1) is 41.3. The number of fused-ring (bicyclic) bond motifs is 8. The molecule has 0 aliphatic carbocycles. The van der Waals surface area contributed by atoms with Crippen LogP contribution in [0.1, 0.15) is 116 Å². The van der Waals surface area contributed by atoms with Crippen LogP contribution in [0.3, 0.4) is 0 Å². The number of hydrogen-bond donors (Lipinski definition) is 2. The Balaban J connectivity index is 0.807. The highest BCUT2D eigenvalue weighted by Crippen LogP contribution is 2.65. The molecule has 0 unspecified atom stereocenters. The Hall–Kier alpha value is -5.71. The summed E-state index contributed by atoms with van der Waals surface area (Å²) in [6.07, 6.45) is 6.27. The molecule has 87 heavy (non-hydrogen) atoms. The highest BCUT2D eigenvalue weighted by Gasteiger charge is 2.60. The summed E-state index contributed by atoms with van der Waals surface area (Å²) < 4.78 is 103. The van der Waals surface area contributed by atoms with E-state index in [1.165, 1.54) is 0 Å². The van der Waals surface area contributed by atoms with Gasteiger partial charge in [0.05, 0.1) is 98.7 Å². The lowest BCUT2D eigenvalue weighted by molar-refractivity contribution is -0.198. The van der Waals surface area contributed by atoms with Gasteiger partial charge in [-0.25, -0.2) is 4.79 Å². The maximum absolute atomic E-state index is 15.8. The van der Waals surface area contributed by atoms with Gasteiger partial charge in [-0.3, -0.25) is 33.2 Å². The summed E-state index contributed by atoms with van der Waals surface area (Å²) in [6, 6.07) is 6.99. The highest BCUT2D eigenvalue weighted by molar-refractivity contribution is 7.86. The predicted molar refractivity (Wildman–Crippen MR) is 321 cm³/mol. The molecule has 0 radical (unpaired) electrons. The van der Waals surface area contributed by atoms with Gasteiger partial charge in [-0.1, -0.05) is 35.4 Å². The van der Waals surface area contributed by atoms with Crippen molar-refractivity contribution in [2.75, 3.05) is 127 Å². The number of hydroxylamine groups is 2. The van der Waals surface area contributed by atoms with Crippen molar-refractivity contribution >= 4 is 95.6 Å². The van der Waals surface area contributed by atoms with Crippen LogP contribution in [-0.2, 0) is 81.6 Å². The molecule has 3 aromatic carbocycles. The van der Waals surface area contributed by atoms with E-state index < -0.39 is 72.0 Å². The molecule has 2 N–H and O–H groups in total. The Morgan fingerprint density at radius 2 is 1.09 bits per heavy atom. The molecule has 3 aromatic rings. The lowest BCUT2D eigenvalue weighted by Crippen LogP contribution is -2.54. The van der Waals surface area contributed by atoms with Gasteiger partial charge in [0, 0.05) is 109 Å². The van der Waals surface area contributed by atoms with E-state index in [0.29, 0.717) is 140 Å². The second kappa shape index (κ2) is 24.6. The molecule has 11 rings (SSSR count). The molecular formula is C60H72Cl2N6O17S2. The number of halogens is 2. The average Bonchev–Trinajstić information content (AvgIpc) is 1.64. The number of piperazine rings is 1. The molecule has 0 aromatic heterocycles. The standard InChI is InChI=1S/C60H72Cl2N6O17S2/c1-58(2)33-37(35-86(74,75)76)41-31-43-55(39-7-5-15-65(58)53(39)41)84-56-40-8-6-16-66-54(40)42(38(34-59(66,3)4)36-87(77,78)79)32-44(56)60(43)52-46(62)10-9-45(61)51(52)57(73)67(60)22-19-63-17-20-64(21-18-63)47(69)13-23-80-25-27-82-29-30-83-28-26-81-24-14-50(72)85-68-48(70)11-12-49(68)71/h9-10,31-34H,5-8,11-30,35-36H2,1-4H3,(H,74,75,76)(H,77,78,79). The zero-order valence-electron chi connectivity index (χ0n) is 49.1. The number of carbonyl (C=O) groups excluding carboxylic acids is 5. The van der Waals surface area contributed by atoms with Crippen LogP contribution < -0.4 is 14.5 Å². The van der Waals surface area contributed by atoms with Crippen molar-refractivity contribution in [2.24, 2.45) is 0 Å². The van der Waals surface area contributed by atoms with E-state index in [1.807, 2.05) is 52.0 Å². The van der Waals surface area contributed by atoms with E-state index >= 15 is 4.79 Å². The molecule has 8 aliphatic heterocycles. The smallest absolute Gasteiger partial charge is 0.335 e. The topological polar surface area (TPSA) is 269 Å². The van der Waals surface area contributed by atoms with Gasteiger partial charge >= 0.3 is 5.97 Å². The molecule has 8 heterocycles. The normalized spacial score (nSPS) is 19.8. The van der Waals surface area contributed by atoms with Crippen molar-refractivity contribution in [1.82, 2.24) is 19.8 Å². The number of benzene rings is 3. The summed E-state index contributed by atoms with van der Waals surface area (Å²) >= 11 is 14.7. The Morgan fingerprint density at radius 1 is 0.621 bits per heavy atom. The fraction of sp³-hybridized carbons (Fsp3) is 0.550. The zero-order chi connectivity index (χ0) is 62.0. The molecule has 2 fully saturated rings. The minimum Gasteiger partial charge on any atom is -0.456 e. The first-order valence-electron chi connectivity index (χ1n) is 29.5. The highest BCUT2D eigenvalue weighted by atomic mass is 35.5. The number of anilines is 2. The third-order valence-corrected chi connectivity index (χ3v) is 19.6. The fourth-order valence-corrected chi connectivity index (χ4v) is 15.7. The first-order valence-corrected chi connectivity index (χ1v) is 33.4. The van der Waals surface area contributed by atoms with Crippen molar-refractivity contribution in [3.8, 4) is 11.5 Å². The Labute approximate surface area is 515 Å². The molecule has 0 bridgehead atoms. The van der Waals surface area contributed by atoms with Crippen LogP contribution in [0, 0.1) is 0 Å². The fourth-order valence-electron chi connectivity index (χ4n) is 13.9. The molecule has 27 heteroatoms. The molecule has 23 nitrogen and oxygen atoms in total. The van der Waals surface area contributed by atoms with E-state index in [2.05, 4.69) is 14.7 Å². The largest absolute Gasteiger partial charge is 0.456 e. The summed E-state index contributed by atoms with van der Waals surface area (Å²) in [7, 11) is -9.16. The van der Waals surface area contributed by atoms with E-state index in [4.69, 9.17) is 51.7 Å². The van der Waals surface area contributed by atoms with Crippen molar-refractivity contribution in [3.05, 3.63) is 91.0 Å². The van der Waals surface area contributed by atoms with Crippen molar-refractivity contribution in [3.63, 3.8) is 0 Å². The number of imide groups is 1. The van der Waals surface area contributed by atoms with Gasteiger partial charge in [0.15, 0.2) is 0 Å². The minimum atomic E-state index is -4.58. The number of rotatable bonds is 23. The van der Waals surface area contributed by atoms with Gasteiger partial charge < -0.3 is 48.1 Å². The third kappa shape index (κ3) is 12.3. The maximum Gasteiger partial charge on any atom is 0.335 e. The Kier molecular flexibility index (Phi) is 17.8. The summed E-state index contributed by atoms with van der Waals surface area (Å²) in [5.41, 5.74) is 3.50. The third-order valence-electron chi connectivity index (χ3n) is 17.6. The predicted octanol–water partition coefficient (Wildman–Crippen LogP) is 6.08. The molecule has 8 aliphatic rings. The second-order valence-electron chi connectivity index (χ2n) is 24.1. The Morgan fingerprint density at radius 3 is 1.59 bits per heavy atom. The van der Waals surface area contributed by atoms with Crippen LogP contribution in [0.5, 0.6) is 11.5 Å². The lowest BCUT2D eigenvalue weighted by atomic mass is 9.69. The number of hydrogen-bond acceptors (Lipinski definition) is 18. The van der Waals surface area contributed by atoms with Gasteiger partial charge in [0.2, 0.25) is 5.91 Å². The summed E-state index contributed by atoms with van der Waals surface area (Å²) in [4.78, 5) is 79.5. The van der Waals surface area contributed by atoms with Crippen molar-refractivity contribution in [2.45, 2.75) is 95.7 Å². The van der Waals surface area contributed by atoms with Gasteiger partial charge in [-0.15, -0.1) is 5.06 Å².